The number of aliphatic hydroxyl groups excluding tert-OH is 1. The average molecular weight is 446 g/mol. The highest BCUT2D eigenvalue weighted by Gasteiger charge is 2.52. The van der Waals surface area contributed by atoms with Crippen LogP contribution in [-0.4, -0.2) is 43.9 Å². The number of hydrogen-bond acceptors (Lipinski definition) is 7. The Morgan fingerprint density at radius 2 is 1.58 bits per heavy atom. The van der Waals surface area contributed by atoms with Gasteiger partial charge in [-0.1, -0.05) is 60.7 Å². The topological polar surface area (TPSA) is 108 Å². The molecule has 3 N–H and O–H groups in total. The zero-order valence-electron chi connectivity index (χ0n) is 18.2. The number of imidazole rings is 1. The van der Waals surface area contributed by atoms with E-state index in [1.807, 2.05) is 65.2 Å². The van der Waals surface area contributed by atoms with Crippen molar-refractivity contribution in [3.8, 4) is 0 Å². The lowest BCUT2D eigenvalue weighted by atomic mass is 9.66. The van der Waals surface area contributed by atoms with Gasteiger partial charge in [-0.25, -0.2) is 15.0 Å². The van der Waals surface area contributed by atoms with Crippen LogP contribution in [0.15, 0.2) is 73.3 Å². The second-order valence-corrected chi connectivity index (χ2v) is 8.35. The van der Waals surface area contributed by atoms with Gasteiger partial charge in [-0.05, 0) is 11.1 Å². The molecule has 8 heteroatoms. The Bertz CT molecular complexity index is 1180. The Hall–Kier alpha value is -3.33. The van der Waals surface area contributed by atoms with E-state index in [2.05, 4.69) is 15.0 Å². The van der Waals surface area contributed by atoms with Crippen molar-refractivity contribution in [2.24, 2.45) is 11.8 Å². The summed E-state index contributed by atoms with van der Waals surface area (Å²) >= 11 is 0. The lowest BCUT2D eigenvalue weighted by molar-refractivity contribution is -0.171. The molecule has 2 heterocycles. The molecule has 2 aromatic carbocycles. The monoisotopic (exact) mass is 445 g/mol. The van der Waals surface area contributed by atoms with E-state index in [0.717, 1.165) is 11.1 Å². The Balaban J connectivity index is 1.37. The van der Waals surface area contributed by atoms with Crippen LogP contribution < -0.4 is 5.73 Å². The highest BCUT2D eigenvalue weighted by molar-refractivity contribution is 5.81. The van der Waals surface area contributed by atoms with Gasteiger partial charge >= 0.3 is 0 Å². The number of fused-ring (bicyclic) bond motifs is 1. The zero-order chi connectivity index (χ0) is 22.6. The van der Waals surface area contributed by atoms with Gasteiger partial charge in [0.25, 0.3) is 0 Å². The second kappa shape index (κ2) is 9.66. The van der Waals surface area contributed by atoms with E-state index in [-0.39, 0.29) is 30.6 Å². The highest BCUT2D eigenvalue weighted by atomic mass is 16.5. The molecular weight excluding hydrogens is 418 g/mol. The van der Waals surface area contributed by atoms with Crippen molar-refractivity contribution in [3.05, 3.63) is 84.4 Å². The van der Waals surface area contributed by atoms with Crippen LogP contribution in [0, 0.1) is 11.8 Å². The highest BCUT2D eigenvalue weighted by Crippen LogP contribution is 2.47. The Morgan fingerprint density at radius 3 is 2.27 bits per heavy atom. The molecule has 0 unspecified atom stereocenters. The molecule has 1 aliphatic carbocycles. The molecule has 0 aliphatic heterocycles. The predicted octanol–water partition coefficient (Wildman–Crippen LogP) is 2.99. The summed E-state index contributed by atoms with van der Waals surface area (Å²) in [5.41, 5.74) is 9.39. The van der Waals surface area contributed by atoms with E-state index in [1.54, 1.807) is 6.33 Å². The average Bonchev–Trinajstić information content (AvgIpc) is 3.27. The second-order valence-electron chi connectivity index (χ2n) is 8.35. The molecule has 8 nitrogen and oxygen atoms in total. The van der Waals surface area contributed by atoms with Gasteiger partial charge in [-0.3, -0.25) is 0 Å². The summed E-state index contributed by atoms with van der Waals surface area (Å²) in [5, 5.41) is 10.3. The molecule has 33 heavy (non-hydrogen) atoms. The minimum absolute atomic E-state index is 0.00939. The van der Waals surface area contributed by atoms with Crippen LogP contribution in [-0.2, 0) is 22.7 Å². The number of ether oxygens (including phenoxy) is 2. The first-order valence-electron chi connectivity index (χ1n) is 11.1. The van der Waals surface area contributed by atoms with Crippen LogP contribution in [0.4, 0.5) is 5.82 Å². The standard InChI is InChI=1S/C25H27N5O3/c26-24-21-25(28-15-27-24)30(16-29-21)22-19(11-31)20(14-32-12-17-7-3-1-4-8-17)23(22)33-13-18-9-5-2-6-10-18/h1-10,15-16,19-20,22-23,31H,11-14H2,(H2,26,27,28)/t19-,20+,22+,23+/m0/s1. The molecular formula is C25H27N5O3. The van der Waals surface area contributed by atoms with E-state index >= 15 is 0 Å². The summed E-state index contributed by atoms with van der Waals surface area (Å²) in [7, 11) is 0. The van der Waals surface area contributed by atoms with Gasteiger partial charge in [0.2, 0.25) is 0 Å². The number of nitrogen functional groups attached to an aromatic ring is 1. The number of anilines is 1. The van der Waals surface area contributed by atoms with E-state index < -0.39 is 0 Å². The summed E-state index contributed by atoms with van der Waals surface area (Å²) in [6.07, 6.45) is 2.97. The summed E-state index contributed by atoms with van der Waals surface area (Å²) < 4.78 is 14.4. The van der Waals surface area contributed by atoms with Crippen LogP contribution in [0.25, 0.3) is 11.2 Å². The fourth-order valence-corrected chi connectivity index (χ4v) is 4.64. The van der Waals surface area contributed by atoms with Gasteiger partial charge in [0.15, 0.2) is 11.5 Å². The Morgan fingerprint density at radius 1 is 0.879 bits per heavy atom. The van der Waals surface area contributed by atoms with E-state index in [9.17, 15) is 5.11 Å². The SMILES string of the molecule is Nc1ncnc2c1ncn2[C@@H]1[C@@H](CO)[C@@H](COCc2ccccc2)[C@H]1OCc1ccccc1. The molecule has 0 radical (unpaired) electrons. The number of benzene rings is 2. The Kier molecular flexibility index (Phi) is 6.30. The number of nitrogens with two attached hydrogens (primary N) is 1. The van der Waals surface area contributed by atoms with Gasteiger partial charge in [0.05, 0.1) is 38.3 Å². The minimum Gasteiger partial charge on any atom is -0.396 e. The van der Waals surface area contributed by atoms with E-state index in [1.165, 1.54) is 6.33 Å². The molecule has 1 saturated carbocycles. The minimum atomic E-state index is -0.174. The van der Waals surface area contributed by atoms with Gasteiger partial charge in [-0.15, -0.1) is 0 Å². The fourth-order valence-electron chi connectivity index (χ4n) is 4.64. The first-order chi connectivity index (χ1) is 16.3. The summed E-state index contributed by atoms with van der Waals surface area (Å²) in [6.45, 7) is 1.48. The molecule has 0 bridgehead atoms. The molecule has 2 aromatic heterocycles. The van der Waals surface area contributed by atoms with Gasteiger partial charge < -0.3 is 24.9 Å². The molecule has 0 saturated heterocycles. The smallest absolute Gasteiger partial charge is 0.165 e. The normalized spacial score (nSPS) is 22.3. The van der Waals surface area contributed by atoms with Crippen molar-refractivity contribution >= 4 is 17.0 Å². The first kappa shape index (κ1) is 21.5. The largest absolute Gasteiger partial charge is 0.396 e. The fraction of sp³-hybridized carbons (Fsp3) is 0.320. The van der Waals surface area contributed by atoms with Crippen molar-refractivity contribution in [3.63, 3.8) is 0 Å². The van der Waals surface area contributed by atoms with E-state index in [0.29, 0.717) is 36.8 Å². The van der Waals surface area contributed by atoms with Gasteiger partial charge in [0, 0.05) is 18.4 Å². The third-order valence-corrected chi connectivity index (χ3v) is 6.37. The third kappa shape index (κ3) is 4.32. The summed E-state index contributed by atoms with van der Waals surface area (Å²) in [4.78, 5) is 12.8. The number of rotatable bonds is 9. The molecule has 0 spiro atoms. The number of aromatic nitrogens is 4. The lowest BCUT2D eigenvalue weighted by Crippen LogP contribution is -2.56. The van der Waals surface area contributed by atoms with Gasteiger partial charge in [0.1, 0.15) is 11.8 Å². The van der Waals surface area contributed by atoms with Crippen LogP contribution in [0.1, 0.15) is 17.2 Å². The molecule has 1 aliphatic rings. The lowest BCUT2D eigenvalue weighted by Gasteiger charge is -2.51. The quantitative estimate of drug-likeness (QED) is 0.408. The van der Waals surface area contributed by atoms with E-state index in [4.69, 9.17) is 15.2 Å². The third-order valence-electron chi connectivity index (χ3n) is 6.37. The molecule has 0 amide bonds. The number of hydrogen-bond donors (Lipinski definition) is 2. The maximum Gasteiger partial charge on any atom is 0.165 e. The number of nitrogens with zero attached hydrogens (tertiary/aromatic N) is 4. The van der Waals surface area contributed by atoms with Crippen LogP contribution in [0.5, 0.6) is 0 Å². The van der Waals surface area contributed by atoms with Crippen molar-refractivity contribution in [1.82, 2.24) is 19.5 Å². The van der Waals surface area contributed by atoms with Gasteiger partial charge in [-0.2, -0.15) is 0 Å². The molecule has 1 fully saturated rings. The molecule has 4 aromatic rings. The molecule has 5 rings (SSSR count). The van der Waals surface area contributed by atoms with Crippen molar-refractivity contribution < 1.29 is 14.6 Å². The van der Waals surface area contributed by atoms with Crippen molar-refractivity contribution in [1.29, 1.82) is 0 Å². The van der Waals surface area contributed by atoms with Crippen LogP contribution in [0.2, 0.25) is 0 Å². The zero-order valence-corrected chi connectivity index (χ0v) is 18.2. The molecule has 170 valence electrons. The van der Waals surface area contributed by atoms with Crippen molar-refractivity contribution in [2.45, 2.75) is 25.4 Å². The maximum absolute atomic E-state index is 10.3. The molecule has 4 atom stereocenters. The van der Waals surface area contributed by atoms with Crippen LogP contribution in [0.3, 0.4) is 0 Å². The van der Waals surface area contributed by atoms with Crippen molar-refractivity contribution in [2.75, 3.05) is 18.9 Å². The predicted molar refractivity (Wildman–Crippen MR) is 124 cm³/mol. The number of aliphatic hydroxyl groups is 1. The summed E-state index contributed by atoms with van der Waals surface area (Å²) in [5.74, 6) is 0.308. The summed E-state index contributed by atoms with van der Waals surface area (Å²) in [6, 6.07) is 20.0. The Labute approximate surface area is 192 Å². The first-order valence-corrected chi connectivity index (χ1v) is 11.1. The van der Waals surface area contributed by atoms with Crippen LogP contribution >= 0.6 is 0 Å². The maximum atomic E-state index is 10.3.